The number of ether oxygens (including phenoxy) is 1. The predicted molar refractivity (Wildman–Crippen MR) is 123 cm³/mol. The quantitative estimate of drug-likeness (QED) is 0.502. The van der Waals surface area contributed by atoms with Gasteiger partial charge in [0.05, 0.1) is 18.5 Å². The van der Waals surface area contributed by atoms with Crippen molar-refractivity contribution in [1.82, 2.24) is 29.6 Å². The zero-order chi connectivity index (χ0) is 24.7. The average molecular weight is 510 g/mol. The number of likely N-dealkylation sites (tertiary alicyclic amines) is 1. The number of nitrogens with zero attached hydrogens (tertiary/aromatic N) is 7. The number of carbonyl (C=O) groups excluding carboxylic acids is 1. The number of hydrogen-bond donors (Lipinski definition) is 0. The minimum Gasteiger partial charge on any atom is -0.463 e. The van der Waals surface area contributed by atoms with Crippen molar-refractivity contribution < 1.29 is 22.7 Å². The third-order valence-electron chi connectivity index (χ3n) is 6.39. The second-order valence-electron chi connectivity index (χ2n) is 8.95. The molecule has 1 amide bonds. The molecular formula is C22H26F3N7O2S. The Bertz CT molecular complexity index is 1240. The van der Waals surface area contributed by atoms with Crippen LogP contribution in [-0.2, 0) is 30.5 Å². The van der Waals surface area contributed by atoms with Crippen LogP contribution >= 0.6 is 11.3 Å². The molecule has 2 aliphatic rings. The summed E-state index contributed by atoms with van der Waals surface area (Å²) in [7, 11) is 0. The van der Waals surface area contributed by atoms with Crippen molar-refractivity contribution >= 4 is 33.3 Å². The summed E-state index contributed by atoms with van der Waals surface area (Å²) in [6, 6.07) is 2.30. The Hall–Kier alpha value is -2.96. The topological polar surface area (TPSA) is 89.3 Å². The Morgan fingerprint density at radius 2 is 2.06 bits per heavy atom. The van der Waals surface area contributed by atoms with Crippen molar-refractivity contribution in [1.29, 1.82) is 0 Å². The standard InChI is InChI=1S/C22H26F3N7O2S/c1-3-4-15-9-16-18(31-7-8-32-17(11-31)28-29-20(32)22(23,24)25)26-21(27-19(16)35-15)34-12-14-5-6-30(10-14)13(2)33/h9,14H,3-8,10-12H2,1-2H3/t14-/m1/s1. The number of aryl methyl sites for hydroxylation is 1. The fraction of sp³-hybridized carbons (Fsp3) is 0.591. The van der Waals surface area contributed by atoms with E-state index in [1.165, 1.54) is 4.88 Å². The summed E-state index contributed by atoms with van der Waals surface area (Å²) >= 11 is 1.58. The Balaban J connectivity index is 1.41. The summed E-state index contributed by atoms with van der Waals surface area (Å²) in [4.78, 5) is 26.6. The van der Waals surface area contributed by atoms with Gasteiger partial charge in [0.2, 0.25) is 11.7 Å². The van der Waals surface area contributed by atoms with Crippen LogP contribution in [0.25, 0.3) is 10.2 Å². The predicted octanol–water partition coefficient (Wildman–Crippen LogP) is 3.52. The van der Waals surface area contributed by atoms with Crippen LogP contribution in [-0.4, -0.2) is 61.8 Å². The lowest BCUT2D eigenvalue weighted by Crippen LogP contribution is -2.36. The molecule has 0 spiro atoms. The molecular weight excluding hydrogens is 483 g/mol. The van der Waals surface area contributed by atoms with E-state index in [0.717, 1.165) is 34.0 Å². The van der Waals surface area contributed by atoms with Gasteiger partial charge in [0.15, 0.2) is 5.82 Å². The van der Waals surface area contributed by atoms with E-state index in [1.54, 1.807) is 23.2 Å². The van der Waals surface area contributed by atoms with Crippen LogP contribution in [0.4, 0.5) is 19.0 Å². The van der Waals surface area contributed by atoms with Crippen LogP contribution in [0.1, 0.15) is 43.2 Å². The minimum atomic E-state index is -4.54. The number of aromatic nitrogens is 5. The van der Waals surface area contributed by atoms with Gasteiger partial charge in [-0.2, -0.15) is 23.1 Å². The summed E-state index contributed by atoms with van der Waals surface area (Å²) in [6.07, 6.45) is -1.79. The van der Waals surface area contributed by atoms with Crippen molar-refractivity contribution in [2.45, 2.75) is 52.4 Å². The molecule has 35 heavy (non-hydrogen) atoms. The first-order valence-electron chi connectivity index (χ1n) is 11.7. The van der Waals surface area contributed by atoms with E-state index < -0.39 is 12.0 Å². The molecule has 0 aromatic carbocycles. The highest BCUT2D eigenvalue weighted by atomic mass is 32.1. The average Bonchev–Trinajstić information content (AvgIpc) is 3.54. The highest BCUT2D eigenvalue weighted by Gasteiger charge is 2.40. The number of rotatable bonds is 6. The van der Waals surface area contributed by atoms with Crippen molar-refractivity contribution in [3.05, 3.63) is 22.6 Å². The third kappa shape index (κ3) is 4.78. The molecule has 0 N–H and O–H groups in total. The summed E-state index contributed by atoms with van der Waals surface area (Å²) in [5.41, 5.74) is 0. The molecule has 0 saturated carbocycles. The lowest BCUT2D eigenvalue weighted by molar-refractivity contribution is -0.147. The molecule has 13 heteroatoms. The number of thiophene rings is 1. The van der Waals surface area contributed by atoms with Gasteiger partial charge in [0.25, 0.3) is 0 Å². The molecule has 0 bridgehead atoms. The van der Waals surface area contributed by atoms with Crippen LogP contribution in [0.15, 0.2) is 6.07 Å². The first kappa shape index (κ1) is 23.8. The molecule has 9 nitrogen and oxygen atoms in total. The largest absolute Gasteiger partial charge is 0.463 e. The number of carbonyl (C=O) groups is 1. The number of alkyl halides is 3. The maximum absolute atomic E-state index is 13.3. The maximum atomic E-state index is 13.3. The van der Waals surface area contributed by atoms with Gasteiger partial charge in [0, 0.05) is 43.9 Å². The zero-order valence-corrected chi connectivity index (χ0v) is 20.3. The first-order chi connectivity index (χ1) is 16.7. The second-order valence-corrected chi connectivity index (χ2v) is 10.1. The van der Waals surface area contributed by atoms with Crippen molar-refractivity contribution in [3.8, 4) is 6.01 Å². The molecule has 1 fully saturated rings. The SMILES string of the molecule is CCCc1cc2c(N3CCn4c(nnc4C(F)(F)F)C3)nc(OC[C@@H]3CCN(C(C)=O)C3)nc2s1. The first-order valence-corrected chi connectivity index (χ1v) is 12.5. The van der Waals surface area contributed by atoms with Crippen LogP contribution in [0.5, 0.6) is 6.01 Å². The van der Waals surface area contributed by atoms with E-state index in [2.05, 4.69) is 33.2 Å². The molecule has 2 aliphatic heterocycles. The molecule has 5 rings (SSSR count). The molecule has 188 valence electrons. The summed E-state index contributed by atoms with van der Waals surface area (Å²) in [5.74, 6) is 0.164. The van der Waals surface area contributed by atoms with Gasteiger partial charge in [-0.25, -0.2) is 0 Å². The Morgan fingerprint density at radius 1 is 1.23 bits per heavy atom. The Labute approximate surface area is 203 Å². The molecule has 3 aromatic heterocycles. The van der Waals surface area contributed by atoms with Gasteiger partial charge in [-0.3, -0.25) is 4.79 Å². The zero-order valence-electron chi connectivity index (χ0n) is 19.5. The molecule has 0 aliphatic carbocycles. The van der Waals surface area contributed by atoms with E-state index in [1.807, 2.05) is 4.90 Å². The van der Waals surface area contributed by atoms with Crippen LogP contribution < -0.4 is 9.64 Å². The van der Waals surface area contributed by atoms with E-state index in [4.69, 9.17) is 4.74 Å². The van der Waals surface area contributed by atoms with Crippen molar-refractivity contribution in [3.63, 3.8) is 0 Å². The number of fused-ring (bicyclic) bond motifs is 2. The van der Waals surface area contributed by atoms with Crippen LogP contribution in [0.3, 0.4) is 0 Å². The normalized spacial score (nSPS) is 18.4. The molecule has 0 unspecified atom stereocenters. The van der Waals surface area contributed by atoms with E-state index in [-0.39, 0.29) is 36.7 Å². The Morgan fingerprint density at radius 3 is 2.77 bits per heavy atom. The fourth-order valence-corrected chi connectivity index (χ4v) is 5.72. The van der Waals surface area contributed by atoms with Gasteiger partial charge in [-0.15, -0.1) is 21.5 Å². The number of anilines is 1. The van der Waals surface area contributed by atoms with Gasteiger partial charge in [0.1, 0.15) is 10.6 Å². The molecule has 5 heterocycles. The second kappa shape index (κ2) is 9.25. The van der Waals surface area contributed by atoms with E-state index in [9.17, 15) is 18.0 Å². The monoisotopic (exact) mass is 509 g/mol. The van der Waals surface area contributed by atoms with E-state index in [0.29, 0.717) is 32.1 Å². The van der Waals surface area contributed by atoms with Gasteiger partial charge in [-0.05, 0) is 18.9 Å². The third-order valence-corrected chi connectivity index (χ3v) is 7.47. The Kier molecular flexibility index (Phi) is 6.28. The lowest BCUT2D eigenvalue weighted by Gasteiger charge is -2.29. The minimum absolute atomic E-state index is 0.0566. The molecule has 3 aromatic rings. The van der Waals surface area contributed by atoms with Crippen LogP contribution in [0.2, 0.25) is 0 Å². The van der Waals surface area contributed by atoms with Gasteiger partial charge >= 0.3 is 12.2 Å². The van der Waals surface area contributed by atoms with E-state index >= 15 is 0 Å². The van der Waals surface area contributed by atoms with Crippen LogP contribution in [0, 0.1) is 5.92 Å². The number of amides is 1. The van der Waals surface area contributed by atoms with Gasteiger partial charge < -0.3 is 19.1 Å². The van der Waals surface area contributed by atoms with Gasteiger partial charge in [-0.1, -0.05) is 13.3 Å². The maximum Gasteiger partial charge on any atom is 0.451 e. The summed E-state index contributed by atoms with van der Waals surface area (Å²) < 4.78 is 46.9. The molecule has 1 atom stereocenters. The summed E-state index contributed by atoms with van der Waals surface area (Å²) in [5, 5.41) is 8.03. The smallest absolute Gasteiger partial charge is 0.451 e. The molecule has 0 radical (unpaired) electrons. The van der Waals surface area contributed by atoms with Crippen molar-refractivity contribution in [2.75, 3.05) is 31.1 Å². The summed E-state index contributed by atoms with van der Waals surface area (Å²) in [6.45, 7) is 6.01. The number of halogens is 3. The fourth-order valence-electron chi connectivity index (χ4n) is 4.61. The highest BCUT2D eigenvalue weighted by Crippen LogP contribution is 2.36. The number of hydrogen-bond acceptors (Lipinski definition) is 8. The lowest BCUT2D eigenvalue weighted by atomic mass is 10.1. The highest BCUT2D eigenvalue weighted by molar-refractivity contribution is 7.18. The molecule has 1 saturated heterocycles. The van der Waals surface area contributed by atoms with Crippen molar-refractivity contribution in [2.24, 2.45) is 5.92 Å².